The SMILES string of the molecule is CSCC(C)(O)CNS(=O)(=O)c1ccc(NC(C)=O)cc1. The van der Waals surface area contributed by atoms with Gasteiger partial charge in [0.1, 0.15) is 0 Å². The maximum Gasteiger partial charge on any atom is 0.240 e. The van der Waals surface area contributed by atoms with E-state index in [0.717, 1.165) is 0 Å². The second-order valence-corrected chi connectivity index (χ2v) is 7.59. The highest BCUT2D eigenvalue weighted by molar-refractivity contribution is 7.98. The largest absolute Gasteiger partial charge is 0.388 e. The summed E-state index contributed by atoms with van der Waals surface area (Å²) in [6.45, 7) is 2.88. The molecule has 0 aliphatic carbocycles. The highest BCUT2D eigenvalue weighted by Gasteiger charge is 2.23. The molecular weight excluding hydrogens is 312 g/mol. The molecule has 0 aromatic heterocycles. The Morgan fingerprint density at radius 3 is 2.38 bits per heavy atom. The minimum absolute atomic E-state index is 0.0659. The maximum atomic E-state index is 12.1. The number of aliphatic hydroxyl groups is 1. The molecule has 6 nitrogen and oxygen atoms in total. The van der Waals surface area contributed by atoms with E-state index >= 15 is 0 Å². The Morgan fingerprint density at radius 2 is 1.90 bits per heavy atom. The molecule has 0 spiro atoms. The van der Waals surface area contributed by atoms with Crippen LogP contribution in [0.4, 0.5) is 5.69 Å². The third kappa shape index (κ3) is 6.04. The molecule has 1 aromatic carbocycles. The first-order valence-electron chi connectivity index (χ1n) is 6.25. The van der Waals surface area contributed by atoms with Crippen molar-refractivity contribution in [3.05, 3.63) is 24.3 Å². The predicted molar refractivity (Wildman–Crippen MR) is 84.9 cm³/mol. The summed E-state index contributed by atoms with van der Waals surface area (Å²) >= 11 is 1.44. The summed E-state index contributed by atoms with van der Waals surface area (Å²) in [5.74, 6) is 0.202. The fraction of sp³-hybridized carbons (Fsp3) is 0.462. The molecule has 0 saturated carbocycles. The lowest BCUT2D eigenvalue weighted by molar-refractivity contribution is -0.114. The van der Waals surface area contributed by atoms with Gasteiger partial charge in [0.25, 0.3) is 0 Å². The molecule has 1 rings (SSSR count). The second-order valence-electron chi connectivity index (χ2n) is 4.96. The summed E-state index contributed by atoms with van der Waals surface area (Å²) < 4.78 is 26.6. The van der Waals surface area contributed by atoms with E-state index in [-0.39, 0.29) is 17.3 Å². The Labute approximate surface area is 129 Å². The average molecular weight is 332 g/mol. The molecule has 0 bridgehead atoms. The number of anilines is 1. The molecule has 0 radical (unpaired) electrons. The third-order valence-corrected chi connectivity index (χ3v) is 4.91. The summed E-state index contributed by atoms with van der Waals surface area (Å²) in [6, 6.07) is 5.82. The summed E-state index contributed by atoms with van der Waals surface area (Å²) in [4.78, 5) is 11.0. The topological polar surface area (TPSA) is 95.5 Å². The number of rotatable bonds is 7. The molecule has 3 N–H and O–H groups in total. The van der Waals surface area contributed by atoms with Gasteiger partial charge in [0.2, 0.25) is 15.9 Å². The van der Waals surface area contributed by atoms with Gasteiger partial charge in [-0.05, 0) is 37.4 Å². The first-order valence-corrected chi connectivity index (χ1v) is 9.13. The van der Waals surface area contributed by atoms with Crippen LogP contribution in [0.1, 0.15) is 13.8 Å². The van der Waals surface area contributed by atoms with Crippen LogP contribution in [0.5, 0.6) is 0 Å². The van der Waals surface area contributed by atoms with Gasteiger partial charge in [0.15, 0.2) is 0 Å². The fourth-order valence-electron chi connectivity index (χ4n) is 1.62. The number of hydrogen-bond acceptors (Lipinski definition) is 5. The van der Waals surface area contributed by atoms with Crippen LogP contribution in [0.2, 0.25) is 0 Å². The lowest BCUT2D eigenvalue weighted by Crippen LogP contribution is -2.42. The lowest BCUT2D eigenvalue weighted by atomic mass is 10.1. The van der Waals surface area contributed by atoms with Gasteiger partial charge >= 0.3 is 0 Å². The van der Waals surface area contributed by atoms with E-state index in [1.165, 1.54) is 43.0 Å². The third-order valence-electron chi connectivity index (χ3n) is 2.58. The van der Waals surface area contributed by atoms with Gasteiger partial charge in [-0.25, -0.2) is 13.1 Å². The fourth-order valence-corrected chi connectivity index (χ4v) is 3.50. The van der Waals surface area contributed by atoms with Crippen molar-refractivity contribution < 1.29 is 18.3 Å². The zero-order valence-corrected chi connectivity index (χ0v) is 13.8. The van der Waals surface area contributed by atoms with Gasteiger partial charge in [-0.2, -0.15) is 11.8 Å². The van der Waals surface area contributed by atoms with Gasteiger partial charge in [-0.15, -0.1) is 0 Å². The van der Waals surface area contributed by atoms with E-state index in [4.69, 9.17) is 0 Å². The van der Waals surface area contributed by atoms with Gasteiger partial charge in [-0.1, -0.05) is 0 Å². The van der Waals surface area contributed by atoms with Crippen LogP contribution in [0.3, 0.4) is 0 Å². The van der Waals surface area contributed by atoms with Crippen molar-refractivity contribution in [3.8, 4) is 0 Å². The van der Waals surface area contributed by atoms with Crippen molar-refractivity contribution in [1.29, 1.82) is 0 Å². The predicted octanol–water partition coefficient (Wildman–Crippen LogP) is 1.04. The number of benzene rings is 1. The van der Waals surface area contributed by atoms with Crippen molar-refractivity contribution in [2.45, 2.75) is 24.3 Å². The zero-order valence-electron chi connectivity index (χ0n) is 12.2. The Balaban J connectivity index is 2.76. The van der Waals surface area contributed by atoms with Crippen LogP contribution in [-0.2, 0) is 14.8 Å². The first-order chi connectivity index (χ1) is 9.66. The summed E-state index contributed by atoms with van der Waals surface area (Å²) in [6.07, 6.45) is 1.84. The van der Waals surface area contributed by atoms with E-state index in [9.17, 15) is 18.3 Å². The summed E-state index contributed by atoms with van der Waals surface area (Å²) in [5.41, 5.74) is -0.585. The van der Waals surface area contributed by atoms with Crippen LogP contribution < -0.4 is 10.0 Å². The van der Waals surface area contributed by atoms with Crippen LogP contribution in [0, 0.1) is 0 Å². The van der Waals surface area contributed by atoms with E-state index in [1.54, 1.807) is 6.92 Å². The van der Waals surface area contributed by atoms with Crippen LogP contribution >= 0.6 is 11.8 Å². The number of thioether (sulfide) groups is 1. The Kier molecular flexibility index (Phi) is 6.21. The number of hydrogen-bond donors (Lipinski definition) is 3. The molecule has 8 heteroatoms. The van der Waals surface area contributed by atoms with Crippen molar-refractivity contribution >= 4 is 33.4 Å². The van der Waals surface area contributed by atoms with Gasteiger partial charge in [0, 0.05) is 24.9 Å². The molecule has 1 amide bonds. The molecule has 0 aliphatic heterocycles. The molecule has 1 aromatic rings. The average Bonchev–Trinajstić information content (AvgIpc) is 2.37. The molecule has 0 aliphatic rings. The molecule has 0 heterocycles. The number of amides is 1. The Morgan fingerprint density at radius 1 is 1.33 bits per heavy atom. The molecule has 21 heavy (non-hydrogen) atoms. The molecular formula is C13H20N2O4S2. The Hall–Kier alpha value is -1.09. The monoisotopic (exact) mass is 332 g/mol. The molecule has 118 valence electrons. The molecule has 0 fully saturated rings. The van der Waals surface area contributed by atoms with Crippen molar-refractivity contribution in [2.75, 3.05) is 23.9 Å². The van der Waals surface area contributed by atoms with Crippen molar-refractivity contribution in [3.63, 3.8) is 0 Å². The second kappa shape index (κ2) is 7.26. The van der Waals surface area contributed by atoms with Crippen LogP contribution in [0.15, 0.2) is 29.2 Å². The molecule has 1 atom stereocenters. The number of carbonyl (C=O) groups is 1. The van der Waals surface area contributed by atoms with E-state index in [1.807, 2.05) is 6.26 Å². The number of carbonyl (C=O) groups excluding carboxylic acids is 1. The first kappa shape index (κ1) is 18.0. The number of nitrogens with one attached hydrogen (secondary N) is 2. The van der Waals surface area contributed by atoms with Gasteiger partial charge < -0.3 is 10.4 Å². The highest BCUT2D eigenvalue weighted by Crippen LogP contribution is 2.15. The zero-order chi connectivity index (χ0) is 16.1. The standard InChI is InChI=1S/C13H20N2O4S2/c1-10(16)15-11-4-6-12(7-5-11)21(18,19)14-8-13(2,17)9-20-3/h4-7,14,17H,8-9H2,1-3H3,(H,15,16). The van der Waals surface area contributed by atoms with E-state index in [2.05, 4.69) is 10.0 Å². The van der Waals surface area contributed by atoms with Crippen LogP contribution in [-0.4, -0.2) is 43.6 Å². The Bertz CT molecular complexity index is 583. The highest BCUT2D eigenvalue weighted by atomic mass is 32.2. The summed E-state index contributed by atoms with van der Waals surface area (Å²) in [5, 5.41) is 12.5. The normalized spacial score (nSPS) is 14.5. The minimum atomic E-state index is -3.69. The quantitative estimate of drug-likeness (QED) is 0.693. The van der Waals surface area contributed by atoms with E-state index in [0.29, 0.717) is 11.4 Å². The smallest absolute Gasteiger partial charge is 0.240 e. The van der Waals surface area contributed by atoms with Crippen LogP contribution in [0.25, 0.3) is 0 Å². The maximum absolute atomic E-state index is 12.1. The van der Waals surface area contributed by atoms with Crippen molar-refractivity contribution in [1.82, 2.24) is 4.72 Å². The van der Waals surface area contributed by atoms with E-state index < -0.39 is 15.6 Å². The number of sulfonamides is 1. The van der Waals surface area contributed by atoms with Gasteiger partial charge in [-0.3, -0.25) is 4.79 Å². The van der Waals surface area contributed by atoms with Gasteiger partial charge in [0.05, 0.1) is 10.5 Å². The van der Waals surface area contributed by atoms with Crippen molar-refractivity contribution in [2.24, 2.45) is 0 Å². The molecule has 0 saturated heterocycles. The lowest BCUT2D eigenvalue weighted by Gasteiger charge is -2.22. The minimum Gasteiger partial charge on any atom is -0.388 e. The summed E-state index contributed by atoms with van der Waals surface area (Å²) in [7, 11) is -3.69. The molecule has 1 unspecified atom stereocenters.